The Balaban J connectivity index is 0.000000254. The molecule has 0 radical (unpaired) electrons. The maximum atomic E-state index is 11.4. The fraction of sp³-hybridized carbons (Fsp3) is 0.200. The average molecular weight is 324 g/mol. The van der Waals surface area contributed by atoms with Gasteiger partial charge in [-0.2, -0.15) is 0 Å². The van der Waals surface area contributed by atoms with E-state index in [1.807, 2.05) is 67.6 Å². The topological polar surface area (TPSA) is 49.4 Å². The molecule has 0 saturated carbocycles. The van der Waals surface area contributed by atoms with E-state index >= 15 is 0 Å². The predicted octanol–water partition coefficient (Wildman–Crippen LogP) is 4.26. The molecule has 2 aromatic rings. The van der Waals surface area contributed by atoms with E-state index in [0.29, 0.717) is 6.54 Å². The van der Waals surface area contributed by atoms with E-state index in [4.69, 9.17) is 0 Å². The van der Waals surface area contributed by atoms with Gasteiger partial charge in [0.15, 0.2) is 0 Å². The van der Waals surface area contributed by atoms with E-state index in [1.165, 1.54) is 6.92 Å². The summed E-state index contributed by atoms with van der Waals surface area (Å²) in [5, 5.41) is 2.67. The van der Waals surface area contributed by atoms with Crippen LogP contribution in [0.25, 0.3) is 0 Å². The van der Waals surface area contributed by atoms with E-state index in [9.17, 15) is 9.59 Å². The molecule has 4 heteroatoms. The standard InChI is InChI=1S/C12H15NO.C8H9NO/c1-10(2)9-13(11(3)14)12-7-5-4-6-8-12;1-7(10)9-8-5-3-2-4-6-8/h4-8H,1,9H2,2-3H3;2-6H,1H3,(H,9,10). The molecule has 0 aliphatic carbocycles. The number of carbonyl (C=O) groups is 2. The second-order valence-electron chi connectivity index (χ2n) is 5.45. The molecule has 0 atom stereocenters. The van der Waals surface area contributed by atoms with Crippen molar-refractivity contribution in [2.75, 3.05) is 16.8 Å². The van der Waals surface area contributed by atoms with Gasteiger partial charge < -0.3 is 10.2 Å². The molecule has 2 amide bonds. The Labute approximate surface area is 143 Å². The van der Waals surface area contributed by atoms with Crippen LogP contribution in [-0.2, 0) is 9.59 Å². The minimum absolute atomic E-state index is 0.0359. The van der Waals surface area contributed by atoms with E-state index in [-0.39, 0.29) is 11.8 Å². The number of benzene rings is 2. The van der Waals surface area contributed by atoms with E-state index in [0.717, 1.165) is 16.9 Å². The average Bonchev–Trinajstić information content (AvgIpc) is 2.54. The summed E-state index contributed by atoms with van der Waals surface area (Å²) in [6.45, 7) is 9.37. The summed E-state index contributed by atoms with van der Waals surface area (Å²) in [5.74, 6) is 0.00500. The molecule has 0 aliphatic rings. The zero-order valence-electron chi connectivity index (χ0n) is 14.5. The highest BCUT2D eigenvalue weighted by molar-refractivity contribution is 5.91. The Hall–Kier alpha value is -2.88. The predicted molar refractivity (Wildman–Crippen MR) is 100 cm³/mol. The number of amides is 2. The molecule has 24 heavy (non-hydrogen) atoms. The van der Waals surface area contributed by atoms with Gasteiger partial charge in [-0.05, 0) is 31.2 Å². The van der Waals surface area contributed by atoms with Gasteiger partial charge in [-0.3, -0.25) is 9.59 Å². The van der Waals surface area contributed by atoms with Crippen molar-refractivity contribution in [3.63, 3.8) is 0 Å². The molecule has 2 rings (SSSR count). The van der Waals surface area contributed by atoms with Crippen molar-refractivity contribution in [3.05, 3.63) is 72.8 Å². The van der Waals surface area contributed by atoms with Crippen LogP contribution < -0.4 is 10.2 Å². The van der Waals surface area contributed by atoms with Gasteiger partial charge in [-0.15, -0.1) is 0 Å². The number of anilines is 2. The smallest absolute Gasteiger partial charge is 0.224 e. The second kappa shape index (κ2) is 10.0. The number of para-hydroxylation sites is 2. The van der Waals surface area contributed by atoms with Gasteiger partial charge in [0.2, 0.25) is 11.8 Å². The third kappa shape index (κ3) is 7.40. The van der Waals surface area contributed by atoms with Crippen LogP contribution in [0, 0.1) is 0 Å². The van der Waals surface area contributed by atoms with E-state index in [1.54, 1.807) is 11.8 Å². The lowest BCUT2D eigenvalue weighted by molar-refractivity contribution is -0.116. The van der Waals surface area contributed by atoms with Gasteiger partial charge in [0.05, 0.1) is 0 Å². The largest absolute Gasteiger partial charge is 0.326 e. The van der Waals surface area contributed by atoms with Crippen molar-refractivity contribution in [3.8, 4) is 0 Å². The van der Waals surface area contributed by atoms with Crippen molar-refractivity contribution < 1.29 is 9.59 Å². The van der Waals surface area contributed by atoms with Crippen LogP contribution in [0.5, 0.6) is 0 Å². The fourth-order valence-electron chi connectivity index (χ4n) is 1.99. The molecule has 0 saturated heterocycles. The van der Waals surface area contributed by atoms with Crippen molar-refractivity contribution in [2.24, 2.45) is 0 Å². The highest BCUT2D eigenvalue weighted by atomic mass is 16.2. The lowest BCUT2D eigenvalue weighted by atomic mass is 10.2. The van der Waals surface area contributed by atoms with Crippen molar-refractivity contribution >= 4 is 23.2 Å². The van der Waals surface area contributed by atoms with Gasteiger partial charge in [0, 0.05) is 31.8 Å². The van der Waals surface area contributed by atoms with Gasteiger partial charge in [0.25, 0.3) is 0 Å². The Morgan fingerprint density at radius 2 is 1.42 bits per heavy atom. The maximum absolute atomic E-state index is 11.4. The van der Waals surface area contributed by atoms with Gasteiger partial charge in [-0.25, -0.2) is 0 Å². The normalized spacial score (nSPS) is 9.29. The quantitative estimate of drug-likeness (QED) is 0.854. The van der Waals surface area contributed by atoms with Crippen molar-refractivity contribution in [2.45, 2.75) is 20.8 Å². The molecule has 0 spiro atoms. The lowest BCUT2D eigenvalue weighted by Gasteiger charge is -2.20. The number of nitrogens with zero attached hydrogens (tertiary/aromatic N) is 1. The minimum Gasteiger partial charge on any atom is -0.326 e. The first-order valence-electron chi connectivity index (χ1n) is 7.70. The maximum Gasteiger partial charge on any atom is 0.224 e. The molecule has 0 heterocycles. The summed E-state index contributed by atoms with van der Waals surface area (Å²) in [6, 6.07) is 19.0. The molecule has 2 aromatic carbocycles. The first kappa shape index (κ1) is 19.2. The lowest BCUT2D eigenvalue weighted by Crippen LogP contribution is -2.29. The van der Waals surface area contributed by atoms with Crippen LogP contribution in [0.3, 0.4) is 0 Å². The van der Waals surface area contributed by atoms with Gasteiger partial charge in [-0.1, -0.05) is 48.6 Å². The molecule has 1 N–H and O–H groups in total. The zero-order valence-corrected chi connectivity index (χ0v) is 14.5. The molecular formula is C20H24N2O2. The van der Waals surface area contributed by atoms with Crippen LogP contribution in [0.4, 0.5) is 11.4 Å². The second-order valence-corrected chi connectivity index (χ2v) is 5.45. The van der Waals surface area contributed by atoms with Crippen LogP contribution in [0.15, 0.2) is 72.8 Å². The van der Waals surface area contributed by atoms with Crippen molar-refractivity contribution in [1.29, 1.82) is 0 Å². The number of hydrogen-bond acceptors (Lipinski definition) is 2. The number of rotatable bonds is 4. The highest BCUT2D eigenvalue weighted by Gasteiger charge is 2.09. The molecule has 0 fully saturated rings. The summed E-state index contributed by atoms with van der Waals surface area (Å²) in [5.41, 5.74) is 2.74. The SMILES string of the molecule is C=C(C)CN(C(C)=O)c1ccccc1.CC(=O)Nc1ccccc1. The third-order valence-electron chi connectivity index (χ3n) is 2.97. The first-order chi connectivity index (χ1) is 11.4. The van der Waals surface area contributed by atoms with Crippen LogP contribution in [0.2, 0.25) is 0 Å². The van der Waals surface area contributed by atoms with E-state index in [2.05, 4.69) is 11.9 Å². The Kier molecular flexibility index (Phi) is 7.99. The zero-order chi connectivity index (χ0) is 17.9. The molecular weight excluding hydrogens is 300 g/mol. The monoisotopic (exact) mass is 324 g/mol. The molecule has 126 valence electrons. The van der Waals surface area contributed by atoms with Gasteiger partial charge in [0.1, 0.15) is 0 Å². The summed E-state index contributed by atoms with van der Waals surface area (Å²) in [6.07, 6.45) is 0. The molecule has 4 nitrogen and oxygen atoms in total. The number of hydrogen-bond donors (Lipinski definition) is 1. The minimum atomic E-state index is -0.0359. The Morgan fingerprint density at radius 1 is 0.917 bits per heavy atom. The fourth-order valence-corrected chi connectivity index (χ4v) is 1.99. The van der Waals surface area contributed by atoms with Crippen LogP contribution in [-0.4, -0.2) is 18.4 Å². The summed E-state index contributed by atoms with van der Waals surface area (Å²) >= 11 is 0. The molecule has 0 unspecified atom stereocenters. The molecule has 0 aromatic heterocycles. The first-order valence-corrected chi connectivity index (χ1v) is 7.70. The summed E-state index contributed by atoms with van der Waals surface area (Å²) in [7, 11) is 0. The van der Waals surface area contributed by atoms with Gasteiger partial charge >= 0.3 is 0 Å². The Morgan fingerprint density at radius 3 is 1.83 bits per heavy atom. The van der Waals surface area contributed by atoms with Crippen molar-refractivity contribution in [1.82, 2.24) is 0 Å². The Bertz CT molecular complexity index is 667. The third-order valence-corrected chi connectivity index (χ3v) is 2.97. The van der Waals surface area contributed by atoms with E-state index < -0.39 is 0 Å². The number of carbonyl (C=O) groups excluding carboxylic acids is 2. The molecule has 0 aliphatic heterocycles. The van der Waals surface area contributed by atoms with Crippen LogP contribution in [0.1, 0.15) is 20.8 Å². The summed E-state index contributed by atoms with van der Waals surface area (Å²) < 4.78 is 0. The number of nitrogens with one attached hydrogen (secondary N) is 1. The highest BCUT2D eigenvalue weighted by Crippen LogP contribution is 2.14. The summed E-state index contributed by atoms with van der Waals surface area (Å²) in [4.78, 5) is 23.6. The molecule has 0 bridgehead atoms. The van der Waals surface area contributed by atoms with Crippen LogP contribution >= 0.6 is 0 Å².